The maximum atomic E-state index is 6.44. The minimum atomic E-state index is -0.0883. The highest BCUT2D eigenvalue weighted by molar-refractivity contribution is 6.13. The number of hydrogen-bond acceptors (Lipinski definition) is 2. The predicted molar refractivity (Wildman–Crippen MR) is 277 cm³/mol. The van der Waals surface area contributed by atoms with E-state index in [9.17, 15) is 0 Å². The quantitative estimate of drug-likeness (QED) is 0.159. The molecule has 3 nitrogen and oxygen atoms in total. The van der Waals surface area contributed by atoms with Crippen molar-refractivity contribution in [3.05, 3.63) is 242 Å². The number of nitrogens with zero attached hydrogens (tertiary/aromatic N) is 2. The normalized spacial score (nSPS) is 12.8. The molecule has 0 spiro atoms. The summed E-state index contributed by atoms with van der Waals surface area (Å²) < 4.78 is 8.89. The van der Waals surface area contributed by atoms with E-state index in [1.165, 1.54) is 72.0 Å². The molecule has 0 amide bonds. The second-order valence-corrected chi connectivity index (χ2v) is 18.1. The van der Waals surface area contributed by atoms with Crippen molar-refractivity contribution >= 4 is 60.8 Å². The second-order valence-electron chi connectivity index (χ2n) is 18.1. The Labute approximate surface area is 384 Å². The Hall–Kier alpha value is -8.40. The first-order valence-corrected chi connectivity index (χ1v) is 22.8. The third kappa shape index (κ3) is 5.97. The summed E-state index contributed by atoms with van der Waals surface area (Å²) in [7, 11) is 0. The molecule has 1 aliphatic rings. The lowest BCUT2D eigenvalue weighted by Gasteiger charge is -2.26. The summed E-state index contributed by atoms with van der Waals surface area (Å²) in [5, 5.41) is 4.78. The third-order valence-corrected chi connectivity index (χ3v) is 14.0. The molecule has 66 heavy (non-hydrogen) atoms. The van der Waals surface area contributed by atoms with Crippen molar-refractivity contribution in [2.24, 2.45) is 0 Å². The summed E-state index contributed by atoms with van der Waals surface area (Å²) >= 11 is 0. The fraction of sp³-hybridized carbons (Fsp3) is 0.0476. The van der Waals surface area contributed by atoms with Crippen LogP contribution in [-0.4, -0.2) is 4.57 Å². The largest absolute Gasteiger partial charge is 0.455 e. The van der Waals surface area contributed by atoms with Crippen LogP contribution in [0, 0.1) is 0 Å². The summed E-state index contributed by atoms with van der Waals surface area (Å²) in [6.07, 6.45) is 0. The van der Waals surface area contributed by atoms with Gasteiger partial charge in [-0.25, -0.2) is 0 Å². The van der Waals surface area contributed by atoms with Crippen molar-refractivity contribution in [2.45, 2.75) is 19.3 Å². The molecule has 3 heteroatoms. The van der Waals surface area contributed by atoms with Gasteiger partial charge in [-0.15, -0.1) is 0 Å². The Kier molecular flexibility index (Phi) is 8.56. The van der Waals surface area contributed by atoms with Crippen LogP contribution in [0.3, 0.4) is 0 Å². The number of para-hydroxylation sites is 3. The SMILES string of the molecule is CC1(C)c2ccccc2-c2cc3c4cc(-c5ccc(N(c6ccc(-c7ccccc7)cc6)c6ccc(-c7cccc8c7oc7ccccc78)cc6)cc5)ccc4n(-c4ccccc4)c3cc21. The van der Waals surface area contributed by atoms with Gasteiger partial charge in [0.25, 0.3) is 0 Å². The lowest BCUT2D eigenvalue weighted by molar-refractivity contribution is 0.661. The number of aromatic nitrogens is 1. The van der Waals surface area contributed by atoms with Gasteiger partial charge >= 0.3 is 0 Å². The molecule has 312 valence electrons. The van der Waals surface area contributed by atoms with E-state index in [4.69, 9.17) is 4.42 Å². The van der Waals surface area contributed by atoms with Crippen LogP contribution in [0.25, 0.3) is 93.9 Å². The van der Waals surface area contributed by atoms with Crippen molar-refractivity contribution in [1.82, 2.24) is 4.57 Å². The van der Waals surface area contributed by atoms with E-state index >= 15 is 0 Å². The van der Waals surface area contributed by atoms with Gasteiger partial charge in [0.2, 0.25) is 0 Å². The van der Waals surface area contributed by atoms with Gasteiger partial charge in [0, 0.05) is 55.3 Å². The van der Waals surface area contributed by atoms with E-state index in [2.05, 4.69) is 242 Å². The lowest BCUT2D eigenvalue weighted by atomic mass is 9.82. The number of rotatable bonds is 7. The second kappa shape index (κ2) is 14.8. The van der Waals surface area contributed by atoms with Gasteiger partial charge in [0.15, 0.2) is 0 Å². The molecule has 12 aromatic rings. The van der Waals surface area contributed by atoms with Crippen LogP contribution in [0.4, 0.5) is 17.1 Å². The number of benzene rings is 10. The molecule has 10 aromatic carbocycles. The zero-order valence-corrected chi connectivity index (χ0v) is 36.7. The molecule has 0 fully saturated rings. The lowest BCUT2D eigenvalue weighted by Crippen LogP contribution is -2.14. The number of anilines is 3. The van der Waals surface area contributed by atoms with Crippen LogP contribution in [0.1, 0.15) is 25.0 Å². The van der Waals surface area contributed by atoms with Gasteiger partial charge in [-0.1, -0.05) is 166 Å². The molecule has 13 rings (SSSR count). The fourth-order valence-electron chi connectivity index (χ4n) is 10.7. The first-order chi connectivity index (χ1) is 32.5. The zero-order chi connectivity index (χ0) is 43.9. The smallest absolute Gasteiger partial charge is 0.143 e. The molecule has 0 unspecified atom stereocenters. The highest BCUT2D eigenvalue weighted by atomic mass is 16.3. The maximum absolute atomic E-state index is 6.44. The van der Waals surface area contributed by atoms with E-state index < -0.39 is 0 Å². The van der Waals surface area contributed by atoms with E-state index in [-0.39, 0.29) is 5.41 Å². The Bertz CT molecular complexity index is 3800. The average molecular weight is 845 g/mol. The molecule has 0 bridgehead atoms. The van der Waals surface area contributed by atoms with Crippen molar-refractivity contribution in [3.8, 4) is 50.2 Å². The maximum Gasteiger partial charge on any atom is 0.143 e. The summed E-state index contributed by atoms with van der Waals surface area (Å²) in [5.41, 5.74) is 20.9. The van der Waals surface area contributed by atoms with Gasteiger partial charge in [-0.3, -0.25) is 0 Å². The first kappa shape index (κ1) is 38.1. The topological polar surface area (TPSA) is 21.3 Å². The van der Waals surface area contributed by atoms with E-state index in [0.29, 0.717) is 0 Å². The Morgan fingerprint density at radius 2 is 0.909 bits per heavy atom. The van der Waals surface area contributed by atoms with Crippen molar-refractivity contribution < 1.29 is 4.42 Å². The molecule has 0 N–H and O–H groups in total. The summed E-state index contributed by atoms with van der Waals surface area (Å²) in [6.45, 7) is 4.72. The molecule has 0 aliphatic heterocycles. The van der Waals surface area contributed by atoms with Crippen LogP contribution < -0.4 is 4.90 Å². The highest BCUT2D eigenvalue weighted by Gasteiger charge is 2.36. The molecule has 0 saturated heterocycles. The minimum Gasteiger partial charge on any atom is -0.455 e. The molecular weight excluding hydrogens is 801 g/mol. The van der Waals surface area contributed by atoms with Crippen LogP contribution >= 0.6 is 0 Å². The number of fused-ring (bicyclic) bond motifs is 9. The standard InChI is InChI=1S/C63H44N2O/c1-63(2)57-22-11-9-18-51(57)54-39-56-55-38-45(30-37-59(55)65(60(56)40-58(54)63)46-16-7-4-8-17-46)43-26-33-48(34-27-43)64(47-31-24-42(25-32-47)41-14-5-3-6-15-41)49-35-28-44(29-36-49)50-20-13-21-53-52-19-10-12-23-61(52)66-62(50)53/h3-40H,1-2H3. The van der Waals surface area contributed by atoms with Crippen LogP contribution in [0.15, 0.2) is 235 Å². The van der Waals surface area contributed by atoms with Crippen LogP contribution in [-0.2, 0) is 5.41 Å². The van der Waals surface area contributed by atoms with E-state index in [0.717, 1.165) is 50.1 Å². The molecule has 1 aliphatic carbocycles. The molecule has 0 atom stereocenters. The van der Waals surface area contributed by atoms with Crippen LogP contribution in [0.5, 0.6) is 0 Å². The Morgan fingerprint density at radius 1 is 0.364 bits per heavy atom. The fourth-order valence-corrected chi connectivity index (χ4v) is 10.7. The highest BCUT2D eigenvalue weighted by Crippen LogP contribution is 2.51. The molecule has 2 heterocycles. The van der Waals surface area contributed by atoms with Crippen molar-refractivity contribution in [1.29, 1.82) is 0 Å². The average Bonchev–Trinajstić information content (AvgIpc) is 3.99. The molecule has 2 aromatic heterocycles. The third-order valence-electron chi connectivity index (χ3n) is 14.0. The monoisotopic (exact) mass is 844 g/mol. The summed E-state index contributed by atoms with van der Waals surface area (Å²) in [6, 6.07) is 83.7. The van der Waals surface area contributed by atoms with Crippen molar-refractivity contribution in [3.63, 3.8) is 0 Å². The van der Waals surface area contributed by atoms with E-state index in [1.807, 2.05) is 12.1 Å². The van der Waals surface area contributed by atoms with E-state index in [1.54, 1.807) is 0 Å². The number of furan rings is 1. The minimum absolute atomic E-state index is 0.0883. The van der Waals surface area contributed by atoms with Gasteiger partial charge < -0.3 is 13.9 Å². The van der Waals surface area contributed by atoms with Gasteiger partial charge in [0.05, 0.1) is 11.0 Å². The first-order valence-electron chi connectivity index (χ1n) is 22.8. The number of hydrogen-bond donors (Lipinski definition) is 0. The van der Waals surface area contributed by atoms with Gasteiger partial charge in [-0.05, 0) is 129 Å². The van der Waals surface area contributed by atoms with Gasteiger partial charge in [-0.2, -0.15) is 0 Å². The molecule has 0 saturated carbocycles. The van der Waals surface area contributed by atoms with Crippen LogP contribution in [0.2, 0.25) is 0 Å². The zero-order valence-electron chi connectivity index (χ0n) is 36.7. The van der Waals surface area contributed by atoms with Crippen molar-refractivity contribution in [2.75, 3.05) is 4.90 Å². The van der Waals surface area contributed by atoms with Gasteiger partial charge in [0.1, 0.15) is 11.2 Å². The Morgan fingerprint density at radius 3 is 1.64 bits per heavy atom. The summed E-state index contributed by atoms with van der Waals surface area (Å²) in [5.74, 6) is 0. The predicted octanol–water partition coefficient (Wildman–Crippen LogP) is 17.5. The summed E-state index contributed by atoms with van der Waals surface area (Å²) in [4.78, 5) is 2.35. The molecule has 0 radical (unpaired) electrons. The molecular formula is C63H44N2O. The Balaban J connectivity index is 0.910.